The van der Waals surface area contributed by atoms with Gasteiger partial charge in [-0.15, -0.1) is 0 Å². The van der Waals surface area contributed by atoms with Crippen molar-refractivity contribution in [2.75, 3.05) is 25.2 Å². The number of aliphatic hydroxyl groups is 1. The Morgan fingerprint density at radius 1 is 0.657 bits per heavy atom. The predicted molar refractivity (Wildman–Crippen MR) is 263 cm³/mol. The highest BCUT2D eigenvalue weighted by atomic mass is 16.5. The highest BCUT2D eigenvalue weighted by molar-refractivity contribution is 6.04. The molecule has 0 saturated heterocycles. The highest BCUT2D eigenvalue weighted by Gasteiger charge is 2.38. The molecule has 0 aliphatic heterocycles. The number of benzene rings is 7. The van der Waals surface area contributed by atoms with Gasteiger partial charge in [-0.1, -0.05) is 164 Å². The van der Waals surface area contributed by atoms with Crippen LogP contribution < -0.4 is 26.0 Å². The average Bonchev–Trinajstić information content (AvgIpc) is 3.70. The summed E-state index contributed by atoms with van der Waals surface area (Å²) in [6, 6.07) is 58.8. The average molecular weight is 893 g/mol. The maximum absolute atomic E-state index is 15.2. The molecule has 8 rings (SSSR count). The number of alkyl carbamates (subject to hydrolysis) is 1. The van der Waals surface area contributed by atoms with E-state index in [2.05, 4.69) is 59.2 Å². The fourth-order valence-electron chi connectivity index (χ4n) is 9.38. The van der Waals surface area contributed by atoms with E-state index in [0.29, 0.717) is 30.6 Å². The summed E-state index contributed by atoms with van der Waals surface area (Å²) in [5.74, 6) is -0.643. The molecule has 0 fully saturated rings. The van der Waals surface area contributed by atoms with Gasteiger partial charge in [0.1, 0.15) is 24.4 Å². The van der Waals surface area contributed by atoms with E-state index >= 15 is 4.79 Å². The number of nitrogens with zero attached hydrogens (tertiary/aromatic N) is 1. The number of nitrogens with two attached hydrogens (primary N) is 1. The Balaban J connectivity index is 1.04. The van der Waals surface area contributed by atoms with Crippen LogP contribution in [-0.2, 0) is 32.9 Å². The fourth-order valence-corrected chi connectivity index (χ4v) is 9.38. The molecule has 0 saturated carbocycles. The van der Waals surface area contributed by atoms with Gasteiger partial charge in [0.05, 0.1) is 19.3 Å². The van der Waals surface area contributed by atoms with E-state index in [1.807, 2.05) is 115 Å². The molecule has 0 bridgehead atoms. The summed E-state index contributed by atoms with van der Waals surface area (Å²) in [6.45, 7) is 0.398. The second kappa shape index (κ2) is 21.6. The van der Waals surface area contributed by atoms with Crippen LogP contribution in [0.3, 0.4) is 0 Å². The Hall–Kier alpha value is -7.53. The van der Waals surface area contributed by atoms with Crippen LogP contribution in [0.15, 0.2) is 188 Å². The lowest BCUT2D eigenvalue weighted by molar-refractivity contribution is -0.125. The van der Waals surface area contributed by atoms with Crippen molar-refractivity contribution in [1.29, 1.82) is 0 Å². The summed E-state index contributed by atoms with van der Waals surface area (Å²) in [5.41, 5.74) is 14.8. The standard InChI is InChI=1S/C57H56N4O6/c1-66-46-34-30-44(31-35-46)57(42-19-7-3-8-20-42,43-21-9-4-10-22-43)59-36-16-15-27-53(54(58)63)61(45-32-28-41(38-62)29-33-45)55(64)52(37-40-17-5-2-6-18-40)60-56(65)67-39-51-49-25-13-11-23-47(49)48-24-12-14-26-50(48)51/h2-14,17-26,28-35,51-53,59,62H,15-16,27,36-39H2,1H3,(H2,58,63)(H,60,65)/t52-,53-/m0/s1. The molecule has 0 unspecified atom stereocenters. The molecule has 10 nitrogen and oxygen atoms in total. The van der Waals surface area contributed by atoms with Gasteiger partial charge in [0.15, 0.2) is 0 Å². The minimum Gasteiger partial charge on any atom is -0.497 e. The number of methoxy groups -OCH3 is 1. The van der Waals surface area contributed by atoms with Crippen molar-refractivity contribution in [3.63, 3.8) is 0 Å². The number of anilines is 1. The van der Waals surface area contributed by atoms with Gasteiger partial charge < -0.3 is 25.6 Å². The first kappa shape index (κ1) is 46.0. The Labute approximate surface area is 392 Å². The predicted octanol–water partition coefficient (Wildman–Crippen LogP) is 9.28. The Morgan fingerprint density at radius 3 is 1.75 bits per heavy atom. The smallest absolute Gasteiger partial charge is 0.407 e. The summed E-state index contributed by atoms with van der Waals surface area (Å²) in [7, 11) is 1.65. The van der Waals surface area contributed by atoms with E-state index in [4.69, 9.17) is 15.2 Å². The first-order valence-electron chi connectivity index (χ1n) is 22.8. The van der Waals surface area contributed by atoms with Crippen LogP contribution in [0.4, 0.5) is 10.5 Å². The van der Waals surface area contributed by atoms with E-state index in [0.717, 1.165) is 50.3 Å². The molecule has 1 aliphatic carbocycles. The van der Waals surface area contributed by atoms with Gasteiger partial charge in [0, 0.05) is 18.0 Å². The van der Waals surface area contributed by atoms with E-state index in [1.54, 1.807) is 31.4 Å². The molecule has 67 heavy (non-hydrogen) atoms. The number of hydrogen-bond acceptors (Lipinski definition) is 7. The number of fused-ring (bicyclic) bond motifs is 3. The monoisotopic (exact) mass is 892 g/mol. The van der Waals surface area contributed by atoms with Crippen molar-refractivity contribution in [2.45, 2.75) is 55.8 Å². The van der Waals surface area contributed by atoms with Crippen molar-refractivity contribution in [3.8, 4) is 16.9 Å². The van der Waals surface area contributed by atoms with E-state index in [-0.39, 0.29) is 32.0 Å². The number of carbonyl (C=O) groups is 3. The van der Waals surface area contributed by atoms with Crippen molar-refractivity contribution < 1.29 is 29.0 Å². The maximum Gasteiger partial charge on any atom is 0.407 e. The number of carbonyl (C=O) groups excluding carboxylic acids is 3. The molecule has 0 heterocycles. The first-order valence-corrected chi connectivity index (χ1v) is 22.8. The second-order valence-corrected chi connectivity index (χ2v) is 16.8. The van der Waals surface area contributed by atoms with Crippen molar-refractivity contribution in [1.82, 2.24) is 10.6 Å². The van der Waals surface area contributed by atoms with Crippen LogP contribution >= 0.6 is 0 Å². The van der Waals surface area contributed by atoms with Gasteiger partial charge in [-0.25, -0.2) is 4.79 Å². The Morgan fingerprint density at radius 2 is 1.19 bits per heavy atom. The number of hydrogen-bond donors (Lipinski definition) is 4. The summed E-state index contributed by atoms with van der Waals surface area (Å²) < 4.78 is 11.5. The number of unbranched alkanes of at least 4 members (excludes halogenated alkanes) is 1. The van der Waals surface area contributed by atoms with Crippen LogP contribution in [0.25, 0.3) is 11.1 Å². The van der Waals surface area contributed by atoms with E-state index in [9.17, 15) is 14.7 Å². The molecule has 3 amide bonds. The third-order valence-electron chi connectivity index (χ3n) is 12.7. The molecule has 0 spiro atoms. The first-order chi connectivity index (χ1) is 32.8. The number of aliphatic hydroxyl groups excluding tert-OH is 1. The quantitative estimate of drug-likeness (QED) is 0.0442. The van der Waals surface area contributed by atoms with Gasteiger partial charge in [0.2, 0.25) is 5.91 Å². The number of rotatable bonds is 20. The van der Waals surface area contributed by atoms with Gasteiger partial charge in [0.25, 0.3) is 5.91 Å². The third-order valence-corrected chi connectivity index (χ3v) is 12.7. The third kappa shape index (κ3) is 10.3. The Kier molecular flexibility index (Phi) is 14.9. The molecule has 1 aliphatic rings. The second-order valence-electron chi connectivity index (χ2n) is 16.8. The largest absolute Gasteiger partial charge is 0.497 e. The SMILES string of the molecule is COc1ccc(C(NCCCC[C@@H](C(N)=O)N(C(=O)[C@H](Cc2ccccc2)NC(=O)OCC2c3ccccc3-c3ccccc32)c2ccc(CO)cc2)(c2ccccc2)c2ccccc2)cc1. The summed E-state index contributed by atoms with van der Waals surface area (Å²) in [5, 5.41) is 16.7. The lowest BCUT2D eigenvalue weighted by Gasteiger charge is -2.37. The van der Waals surface area contributed by atoms with Crippen LogP contribution in [0.5, 0.6) is 5.75 Å². The van der Waals surface area contributed by atoms with Crippen LogP contribution in [-0.4, -0.2) is 55.4 Å². The summed E-state index contributed by atoms with van der Waals surface area (Å²) >= 11 is 0. The minimum atomic E-state index is -1.14. The zero-order chi connectivity index (χ0) is 46.6. The number of ether oxygens (including phenoxy) is 2. The zero-order valence-electron chi connectivity index (χ0n) is 37.6. The van der Waals surface area contributed by atoms with Gasteiger partial charge in [-0.3, -0.25) is 19.8 Å². The summed E-state index contributed by atoms with van der Waals surface area (Å²) in [6.07, 6.45) is 0.741. The van der Waals surface area contributed by atoms with Crippen LogP contribution in [0.2, 0.25) is 0 Å². The van der Waals surface area contributed by atoms with E-state index < -0.39 is 35.5 Å². The normalized spacial score (nSPS) is 12.9. The number of nitrogens with one attached hydrogen (secondary N) is 2. The number of amides is 3. The van der Waals surface area contributed by atoms with Crippen molar-refractivity contribution >= 4 is 23.6 Å². The lowest BCUT2D eigenvalue weighted by atomic mass is 9.77. The lowest BCUT2D eigenvalue weighted by Crippen LogP contribution is -2.56. The van der Waals surface area contributed by atoms with Gasteiger partial charge >= 0.3 is 6.09 Å². The van der Waals surface area contributed by atoms with Crippen LogP contribution in [0.1, 0.15) is 64.1 Å². The minimum absolute atomic E-state index is 0.0602. The highest BCUT2D eigenvalue weighted by Crippen LogP contribution is 2.44. The Bertz CT molecular complexity index is 2650. The maximum atomic E-state index is 15.2. The summed E-state index contributed by atoms with van der Waals surface area (Å²) in [4.78, 5) is 44.2. The zero-order valence-corrected chi connectivity index (χ0v) is 37.6. The van der Waals surface area contributed by atoms with E-state index in [1.165, 1.54) is 4.90 Å². The molecule has 0 aromatic heterocycles. The molecule has 340 valence electrons. The molecule has 7 aromatic carbocycles. The molecular weight excluding hydrogens is 837 g/mol. The molecule has 5 N–H and O–H groups in total. The molecule has 10 heteroatoms. The molecule has 2 atom stereocenters. The molecule has 7 aromatic rings. The molecular formula is C57H56N4O6. The van der Waals surface area contributed by atoms with Crippen LogP contribution in [0, 0.1) is 0 Å². The van der Waals surface area contributed by atoms with Gasteiger partial charge in [-0.05, 0) is 100 Å². The van der Waals surface area contributed by atoms with Crippen molar-refractivity contribution in [3.05, 3.63) is 227 Å². The fraction of sp³-hybridized carbons (Fsp3) is 0.211. The topological polar surface area (TPSA) is 143 Å². The van der Waals surface area contributed by atoms with Gasteiger partial charge in [-0.2, -0.15) is 0 Å². The van der Waals surface area contributed by atoms with Crippen molar-refractivity contribution in [2.24, 2.45) is 5.73 Å². The molecule has 0 radical (unpaired) electrons. The number of primary amides is 1.